The van der Waals surface area contributed by atoms with Gasteiger partial charge < -0.3 is 4.74 Å². The minimum absolute atomic E-state index is 0.161. The molecule has 0 atom stereocenters. The van der Waals surface area contributed by atoms with Gasteiger partial charge in [-0.05, 0) is 31.2 Å². The number of hydroxylamine groups is 1. The minimum Gasteiger partial charge on any atom is -0.484 e. The van der Waals surface area contributed by atoms with Crippen LogP contribution >= 0.6 is 0 Å². The molecule has 1 aromatic rings. The predicted octanol–water partition coefficient (Wildman–Crippen LogP) is 1.27. The zero-order valence-electron chi connectivity index (χ0n) is 8.33. The predicted molar refractivity (Wildman–Crippen MR) is 51.7 cm³/mol. The van der Waals surface area contributed by atoms with Gasteiger partial charge in [-0.3, -0.25) is 9.63 Å². The molecule has 0 aliphatic rings. The highest BCUT2D eigenvalue weighted by molar-refractivity contribution is 5.76. The third kappa shape index (κ3) is 4.42. The average molecular weight is 213 g/mol. The van der Waals surface area contributed by atoms with Crippen molar-refractivity contribution in [2.75, 3.05) is 13.2 Å². The molecular weight excluding hydrogens is 201 g/mol. The third-order valence-electron chi connectivity index (χ3n) is 1.51. The van der Waals surface area contributed by atoms with Gasteiger partial charge >= 0.3 is 0 Å². The normalized spacial score (nSPS) is 9.73. The van der Waals surface area contributed by atoms with E-state index in [2.05, 4.69) is 10.3 Å². The Morgan fingerprint density at radius 2 is 2.07 bits per heavy atom. The molecule has 0 aromatic heterocycles. The lowest BCUT2D eigenvalue weighted by atomic mass is 10.3. The molecule has 5 heteroatoms. The van der Waals surface area contributed by atoms with Gasteiger partial charge in [-0.15, -0.1) is 0 Å². The maximum absolute atomic E-state index is 12.5. The van der Waals surface area contributed by atoms with Crippen LogP contribution in [0.1, 0.15) is 6.92 Å². The summed E-state index contributed by atoms with van der Waals surface area (Å²) in [6.07, 6.45) is 0. The van der Waals surface area contributed by atoms with E-state index in [1.165, 1.54) is 24.3 Å². The van der Waals surface area contributed by atoms with Crippen LogP contribution in [-0.2, 0) is 9.63 Å². The Kier molecular flexibility index (Phi) is 4.56. The molecule has 0 fully saturated rings. The molecule has 1 amide bonds. The van der Waals surface area contributed by atoms with E-state index in [1.54, 1.807) is 6.92 Å². The minimum atomic E-state index is -0.388. The van der Waals surface area contributed by atoms with Crippen LogP contribution in [0.15, 0.2) is 24.3 Å². The number of hydrogen-bond donors (Lipinski definition) is 1. The largest absolute Gasteiger partial charge is 0.484 e. The van der Waals surface area contributed by atoms with Gasteiger partial charge in [0.15, 0.2) is 6.61 Å². The number of hydrogen-bond acceptors (Lipinski definition) is 3. The molecule has 1 N–H and O–H groups in total. The van der Waals surface area contributed by atoms with E-state index in [0.29, 0.717) is 12.4 Å². The van der Waals surface area contributed by atoms with Crippen LogP contribution in [0.2, 0.25) is 0 Å². The Morgan fingerprint density at radius 3 is 2.67 bits per heavy atom. The highest BCUT2D eigenvalue weighted by atomic mass is 19.1. The first-order valence-corrected chi connectivity index (χ1v) is 4.51. The van der Waals surface area contributed by atoms with E-state index in [1.807, 2.05) is 0 Å². The number of ether oxygens (including phenoxy) is 1. The first-order chi connectivity index (χ1) is 7.22. The van der Waals surface area contributed by atoms with Crippen LogP contribution in [0.5, 0.6) is 5.75 Å². The van der Waals surface area contributed by atoms with Crippen molar-refractivity contribution in [3.05, 3.63) is 30.1 Å². The van der Waals surface area contributed by atoms with E-state index in [4.69, 9.17) is 4.74 Å². The maximum atomic E-state index is 12.5. The molecule has 0 spiro atoms. The Bertz CT molecular complexity index is 313. The molecule has 0 heterocycles. The number of carbonyl (C=O) groups is 1. The molecule has 15 heavy (non-hydrogen) atoms. The highest BCUT2D eigenvalue weighted by Crippen LogP contribution is 2.10. The van der Waals surface area contributed by atoms with Crippen molar-refractivity contribution < 1.29 is 18.8 Å². The van der Waals surface area contributed by atoms with Crippen molar-refractivity contribution in [2.45, 2.75) is 6.92 Å². The highest BCUT2D eigenvalue weighted by Gasteiger charge is 2.01. The molecule has 0 aliphatic heterocycles. The van der Waals surface area contributed by atoms with Crippen LogP contribution in [0, 0.1) is 5.82 Å². The first-order valence-electron chi connectivity index (χ1n) is 4.51. The van der Waals surface area contributed by atoms with Crippen molar-refractivity contribution in [3.63, 3.8) is 0 Å². The molecule has 0 saturated carbocycles. The monoisotopic (exact) mass is 213 g/mol. The smallest absolute Gasteiger partial charge is 0.281 e. The number of benzene rings is 1. The Balaban J connectivity index is 2.30. The SMILES string of the molecule is CCONC(=O)COc1ccc(F)cc1. The zero-order valence-corrected chi connectivity index (χ0v) is 8.33. The second-order valence-electron chi connectivity index (χ2n) is 2.70. The van der Waals surface area contributed by atoms with E-state index in [0.717, 1.165) is 0 Å². The first kappa shape index (κ1) is 11.5. The van der Waals surface area contributed by atoms with Crippen LogP contribution < -0.4 is 10.2 Å². The van der Waals surface area contributed by atoms with Crippen LogP contribution in [0.4, 0.5) is 4.39 Å². The van der Waals surface area contributed by atoms with Crippen molar-refractivity contribution in [2.24, 2.45) is 0 Å². The fraction of sp³-hybridized carbons (Fsp3) is 0.300. The summed E-state index contributed by atoms with van der Waals surface area (Å²) in [6, 6.07) is 5.41. The summed E-state index contributed by atoms with van der Waals surface area (Å²) >= 11 is 0. The van der Waals surface area contributed by atoms with Crippen molar-refractivity contribution >= 4 is 5.91 Å². The Labute approximate surface area is 86.9 Å². The Hall–Kier alpha value is -1.62. The summed E-state index contributed by atoms with van der Waals surface area (Å²) in [5.41, 5.74) is 2.18. The number of rotatable bonds is 5. The second-order valence-corrected chi connectivity index (χ2v) is 2.70. The van der Waals surface area contributed by atoms with Gasteiger partial charge in [0.05, 0.1) is 6.61 Å². The quantitative estimate of drug-likeness (QED) is 0.749. The molecule has 82 valence electrons. The number of halogens is 1. The van der Waals surface area contributed by atoms with Crippen LogP contribution in [0.3, 0.4) is 0 Å². The van der Waals surface area contributed by atoms with Gasteiger partial charge in [0.2, 0.25) is 0 Å². The molecule has 0 bridgehead atoms. The zero-order chi connectivity index (χ0) is 11.1. The molecule has 1 rings (SSSR count). The number of carbonyl (C=O) groups excluding carboxylic acids is 1. The number of amides is 1. The fourth-order valence-electron chi connectivity index (χ4n) is 0.862. The third-order valence-corrected chi connectivity index (χ3v) is 1.51. The van der Waals surface area contributed by atoms with Crippen molar-refractivity contribution in [3.8, 4) is 5.75 Å². The van der Waals surface area contributed by atoms with Gasteiger partial charge in [-0.2, -0.15) is 0 Å². The van der Waals surface area contributed by atoms with Gasteiger partial charge in [-0.1, -0.05) is 0 Å². The lowest BCUT2D eigenvalue weighted by Crippen LogP contribution is -2.28. The summed E-state index contributed by atoms with van der Waals surface area (Å²) < 4.78 is 17.6. The fourth-order valence-corrected chi connectivity index (χ4v) is 0.862. The van der Waals surface area contributed by atoms with E-state index in [-0.39, 0.29) is 18.3 Å². The van der Waals surface area contributed by atoms with Crippen LogP contribution in [0.25, 0.3) is 0 Å². The average Bonchev–Trinajstić information content (AvgIpc) is 2.25. The van der Waals surface area contributed by atoms with Gasteiger partial charge in [0, 0.05) is 0 Å². The second kappa shape index (κ2) is 5.98. The summed E-state index contributed by atoms with van der Waals surface area (Å²) in [6.45, 7) is 1.98. The van der Waals surface area contributed by atoms with Gasteiger partial charge in [0.1, 0.15) is 11.6 Å². The number of nitrogens with one attached hydrogen (secondary N) is 1. The molecule has 0 radical (unpaired) electrons. The molecular formula is C10H12FNO3. The van der Waals surface area contributed by atoms with E-state index < -0.39 is 0 Å². The van der Waals surface area contributed by atoms with E-state index in [9.17, 15) is 9.18 Å². The summed E-state index contributed by atoms with van der Waals surface area (Å²) in [7, 11) is 0. The molecule has 4 nitrogen and oxygen atoms in total. The van der Waals surface area contributed by atoms with Crippen LogP contribution in [-0.4, -0.2) is 19.1 Å². The molecule has 1 aromatic carbocycles. The van der Waals surface area contributed by atoms with Crippen molar-refractivity contribution in [1.82, 2.24) is 5.48 Å². The summed E-state index contributed by atoms with van der Waals surface area (Å²) in [4.78, 5) is 15.7. The van der Waals surface area contributed by atoms with E-state index >= 15 is 0 Å². The van der Waals surface area contributed by atoms with Gasteiger partial charge in [0.25, 0.3) is 5.91 Å². The lowest BCUT2D eigenvalue weighted by Gasteiger charge is -2.06. The molecule has 0 unspecified atom stereocenters. The summed E-state index contributed by atoms with van der Waals surface area (Å²) in [5, 5.41) is 0. The molecule has 0 saturated heterocycles. The Morgan fingerprint density at radius 1 is 1.40 bits per heavy atom. The molecule has 0 aliphatic carbocycles. The topological polar surface area (TPSA) is 47.6 Å². The summed E-state index contributed by atoms with van der Waals surface area (Å²) in [5.74, 6) is -0.301. The maximum Gasteiger partial charge on any atom is 0.281 e. The van der Waals surface area contributed by atoms with Gasteiger partial charge in [-0.25, -0.2) is 9.87 Å². The van der Waals surface area contributed by atoms with Crippen molar-refractivity contribution in [1.29, 1.82) is 0 Å². The standard InChI is InChI=1S/C10H12FNO3/c1-2-15-12-10(13)7-14-9-5-3-8(11)4-6-9/h3-6H,2,7H2,1H3,(H,12,13). The lowest BCUT2D eigenvalue weighted by molar-refractivity contribution is -0.135.